The standard InChI is InChI=1S/C27H34Cl2N2O4/c1-18(27(33)30-20-8-5-4-6-9-20)31(17-21-22(28)10-7-11-23(21)29)26(32)15-13-19-12-14-24(34-2)25(16-19)35-3/h7,10-12,14,16,18,20H,4-6,8-9,13,15,17H2,1-3H3,(H,30,33). The van der Waals surface area contributed by atoms with Crippen LogP contribution in [0.3, 0.4) is 0 Å². The van der Waals surface area contributed by atoms with Gasteiger partial charge in [-0.15, -0.1) is 0 Å². The van der Waals surface area contributed by atoms with Gasteiger partial charge in [0.05, 0.1) is 14.2 Å². The summed E-state index contributed by atoms with van der Waals surface area (Å²) in [5.74, 6) is 0.935. The number of carbonyl (C=O) groups is 2. The van der Waals surface area contributed by atoms with Crippen LogP contribution in [0.4, 0.5) is 0 Å². The summed E-state index contributed by atoms with van der Waals surface area (Å²) in [7, 11) is 3.16. The molecular formula is C27H34Cl2N2O4. The molecule has 0 bridgehead atoms. The van der Waals surface area contributed by atoms with E-state index in [-0.39, 0.29) is 30.8 Å². The molecule has 1 atom stereocenters. The minimum Gasteiger partial charge on any atom is -0.493 e. The molecule has 0 aliphatic heterocycles. The van der Waals surface area contributed by atoms with Crippen LogP contribution in [0, 0.1) is 0 Å². The molecule has 35 heavy (non-hydrogen) atoms. The van der Waals surface area contributed by atoms with Crippen molar-refractivity contribution < 1.29 is 19.1 Å². The van der Waals surface area contributed by atoms with Gasteiger partial charge < -0.3 is 19.7 Å². The zero-order chi connectivity index (χ0) is 25.4. The number of hydrogen-bond donors (Lipinski definition) is 1. The third-order valence-corrected chi connectivity index (χ3v) is 7.29. The molecule has 8 heteroatoms. The number of nitrogens with zero attached hydrogens (tertiary/aromatic N) is 1. The van der Waals surface area contributed by atoms with Gasteiger partial charge in [0, 0.05) is 34.6 Å². The minimum absolute atomic E-state index is 0.151. The quantitative estimate of drug-likeness (QED) is 0.429. The first-order chi connectivity index (χ1) is 16.8. The molecule has 1 aliphatic carbocycles. The van der Waals surface area contributed by atoms with Crippen LogP contribution in [0.5, 0.6) is 11.5 Å². The average molecular weight is 521 g/mol. The lowest BCUT2D eigenvalue weighted by atomic mass is 9.95. The Kier molecular flexibility index (Phi) is 10.1. The average Bonchev–Trinajstić information content (AvgIpc) is 2.87. The van der Waals surface area contributed by atoms with Gasteiger partial charge in [-0.1, -0.05) is 54.6 Å². The number of benzene rings is 2. The summed E-state index contributed by atoms with van der Waals surface area (Å²) < 4.78 is 10.7. The van der Waals surface area contributed by atoms with Crippen molar-refractivity contribution in [2.75, 3.05) is 14.2 Å². The summed E-state index contributed by atoms with van der Waals surface area (Å²) in [5, 5.41) is 4.08. The Morgan fingerprint density at radius 1 is 1.03 bits per heavy atom. The lowest BCUT2D eigenvalue weighted by Crippen LogP contribution is -2.50. The summed E-state index contributed by atoms with van der Waals surface area (Å²) in [4.78, 5) is 28.2. The second kappa shape index (κ2) is 13.0. The zero-order valence-electron chi connectivity index (χ0n) is 20.6. The van der Waals surface area contributed by atoms with E-state index < -0.39 is 6.04 Å². The van der Waals surface area contributed by atoms with Gasteiger partial charge in [0.25, 0.3) is 0 Å². The van der Waals surface area contributed by atoms with Crippen molar-refractivity contribution in [3.63, 3.8) is 0 Å². The second-order valence-corrected chi connectivity index (χ2v) is 9.75. The van der Waals surface area contributed by atoms with Crippen molar-refractivity contribution in [2.24, 2.45) is 0 Å². The predicted octanol–water partition coefficient (Wildman–Crippen LogP) is 5.81. The van der Waals surface area contributed by atoms with Crippen molar-refractivity contribution in [1.82, 2.24) is 10.2 Å². The van der Waals surface area contributed by atoms with Crippen LogP contribution >= 0.6 is 23.2 Å². The Balaban J connectivity index is 1.77. The Labute approximate surface area is 217 Å². The van der Waals surface area contributed by atoms with Crippen LogP contribution in [0.1, 0.15) is 56.6 Å². The maximum Gasteiger partial charge on any atom is 0.242 e. The van der Waals surface area contributed by atoms with Crippen molar-refractivity contribution in [3.8, 4) is 11.5 Å². The molecular weight excluding hydrogens is 487 g/mol. The molecule has 1 N–H and O–H groups in total. The number of ether oxygens (including phenoxy) is 2. The third kappa shape index (κ3) is 7.28. The highest BCUT2D eigenvalue weighted by molar-refractivity contribution is 6.36. The number of methoxy groups -OCH3 is 2. The number of rotatable bonds is 10. The van der Waals surface area contributed by atoms with E-state index in [2.05, 4.69) is 5.32 Å². The molecule has 1 saturated carbocycles. The van der Waals surface area contributed by atoms with E-state index in [0.29, 0.717) is 33.5 Å². The van der Waals surface area contributed by atoms with Crippen molar-refractivity contribution >= 4 is 35.0 Å². The van der Waals surface area contributed by atoms with Gasteiger partial charge in [0.15, 0.2) is 11.5 Å². The molecule has 6 nitrogen and oxygen atoms in total. The summed E-state index contributed by atoms with van der Waals surface area (Å²) in [5.41, 5.74) is 1.57. The van der Waals surface area contributed by atoms with Gasteiger partial charge in [-0.3, -0.25) is 9.59 Å². The summed E-state index contributed by atoms with van der Waals surface area (Å²) >= 11 is 12.8. The maximum absolute atomic E-state index is 13.5. The fourth-order valence-corrected chi connectivity index (χ4v) is 4.95. The van der Waals surface area contributed by atoms with Gasteiger partial charge in [-0.2, -0.15) is 0 Å². The highest BCUT2D eigenvalue weighted by atomic mass is 35.5. The highest BCUT2D eigenvalue weighted by Crippen LogP contribution is 2.29. The monoisotopic (exact) mass is 520 g/mol. The first-order valence-electron chi connectivity index (χ1n) is 12.1. The lowest BCUT2D eigenvalue weighted by Gasteiger charge is -2.31. The second-order valence-electron chi connectivity index (χ2n) is 8.93. The van der Waals surface area contributed by atoms with E-state index in [1.807, 2.05) is 18.2 Å². The number of carbonyl (C=O) groups excluding carboxylic acids is 2. The van der Waals surface area contributed by atoms with E-state index in [1.165, 1.54) is 6.42 Å². The van der Waals surface area contributed by atoms with E-state index in [9.17, 15) is 9.59 Å². The van der Waals surface area contributed by atoms with Crippen LogP contribution in [-0.2, 0) is 22.6 Å². The molecule has 1 unspecified atom stereocenters. The highest BCUT2D eigenvalue weighted by Gasteiger charge is 2.29. The Morgan fingerprint density at radius 3 is 2.31 bits per heavy atom. The molecule has 3 rings (SSSR count). The largest absolute Gasteiger partial charge is 0.493 e. The van der Waals surface area contributed by atoms with Gasteiger partial charge in [-0.25, -0.2) is 0 Å². The molecule has 0 aromatic heterocycles. The summed E-state index contributed by atoms with van der Waals surface area (Å²) in [6.07, 6.45) is 6.09. The SMILES string of the molecule is COc1ccc(CCC(=O)N(Cc2c(Cl)cccc2Cl)C(C)C(=O)NC2CCCCC2)cc1OC. The van der Waals surface area contributed by atoms with Crippen LogP contribution in [0.25, 0.3) is 0 Å². The van der Waals surface area contributed by atoms with Crippen molar-refractivity contribution in [2.45, 2.75) is 70.5 Å². The maximum atomic E-state index is 13.5. The molecule has 0 saturated heterocycles. The number of hydrogen-bond acceptors (Lipinski definition) is 4. The lowest BCUT2D eigenvalue weighted by molar-refractivity contribution is -0.141. The molecule has 0 heterocycles. The van der Waals surface area contributed by atoms with Crippen LogP contribution in [0.15, 0.2) is 36.4 Å². The molecule has 2 aromatic carbocycles. The fourth-order valence-electron chi connectivity index (χ4n) is 4.44. The van der Waals surface area contributed by atoms with E-state index in [0.717, 1.165) is 31.2 Å². The molecule has 190 valence electrons. The number of amides is 2. The molecule has 1 aliphatic rings. The fraction of sp³-hybridized carbons (Fsp3) is 0.481. The Bertz CT molecular complexity index is 1000. The first kappa shape index (κ1) is 27.2. The van der Waals surface area contributed by atoms with Crippen molar-refractivity contribution in [1.29, 1.82) is 0 Å². The first-order valence-corrected chi connectivity index (χ1v) is 12.8. The topological polar surface area (TPSA) is 67.9 Å². The van der Waals surface area contributed by atoms with E-state index in [1.54, 1.807) is 44.2 Å². The summed E-state index contributed by atoms with van der Waals surface area (Å²) in [6.45, 7) is 1.92. The molecule has 2 aromatic rings. The van der Waals surface area contributed by atoms with Gasteiger partial charge in [0.1, 0.15) is 6.04 Å². The minimum atomic E-state index is -0.665. The molecule has 1 fully saturated rings. The smallest absolute Gasteiger partial charge is 0.242 e. The Hall–Kier alpha value is -2.44. The zero-order valence-corrected chi connectivity index (χ0v) is 22.1. The number of aryl methyl sites for hydroxylation is 1. The molecule has 0 spiro atoms. The van der Waals surface area contributed by atoms with E-state index >= 15 is 0 Å². The summed E-state index contributed by atoms with van der Waals surface area (Å²) in [6, 6.07) is 10.3. The molecule has 0 radical (unpaired) electrons. The van der Waals surface area contributed by atoms with Crippen LogP contribution < -0.4 is 14.8 Å². The van der Waals surface area contributed by atoms with Gasteiger partial charge in [-0.05, 0) is 56.0 Å². The Morgan fingerprint density at radius 2 is 1.69 bits per heavy atom. The van der Waals surface area contributed by atoms with Crippen LogP contribution in [0.2, 0.25) is 10.0 Å². The molecule has 2 amide bonds. The van der Waals surface area contributed by atoms with Crippen LogP contribution in [-0.4, -0.2) is 43.0 Å². The number of halogens is 2. The third-order valence-electron chi connectivity index (χ3n) is 6.58. The van der Waals surface area contributed by atoms with Gasteiger partial charge in [0.2, 0.25) is 11.8 Å². The predicted molar refractivity (Wildman–Crippen MR) is 139 cm³/mol. The number of nitrogens with one attached hydrogen (secondary N) is 1. The van der Waals surface area contributed by atoms with E-state index in [4.69, 9.17) is 32.7 Å². The normalized spacial score (nSPS) is 14.8. The van der Waals surface area contributed by atoms with Gasteiger partial charge >= 0.3 is 0 Å². The van der Waals surface area contributed by atoms with Crippen molar-refractivity contribution in [3.05, 3.63) is 57.6 Å².